The van der Waals surface area contributed by atoms with Gasteiger partial charge < -0.3 is 35.2 Å². The molecule has 0 amide bonds. The molecule has 0 aliphatic carbocycles. The highest BCUT2D eigenvalue weighted by Crippen LogP contribution is 2.66. The fraction of sp³-hybridized carbons (Fsp3) is 0.583. The summed E-state index contributed by atoms with van der Waals surface area (Å²) in [6, 6.07) is 0. The van der Waals surface area contributed by atoms with Crippen molar-refractivity contribution in [3.05, 3.63) is 16.8 Å². The number of ether oxygens (including phenoxy) is 1. The number of aliphatic hydroxyl groups excluding tert-OH is 1. The summed E-state index contributed by atoms with van der Waals surface area (Å²) >= 11 is 6.33. The van der Waals surface area contributed by atoms with Crippen LogP contribution in [0.5, 0.6) is 0 Å². The lowest BCUT2D eigenvalue weighted by Crippen LogP contribution is -2.45. The van der Waals surface area contributed by atoms with Crippen LogP contribution in [0, 0.1) is 11.8 Å². The van der Waals surface area contributed by atoms with Crippen LogP contribution in [0.25, 0.3) is 0 Å². The van der Waals surface area contributed by atoms with E-state index in [9.17, 15) is 37.8 Å². The minimum Gasteiger partial charge on any atom is -0.387 e. The van der Waals surface area contributed by atoms with Crippen molar-refractivity contribution in [3.8, 4) is 11.8 Å². The zero-order valence-corrected chi connectivity index (χ0v) is 20.1. The molecule has 3 unspecified atom stereocenters. The zero-order chi connectivity index (χ0) is 26.1. The minimum absolute atomic E-state index is 0.424. The Morgan fingerprint density at radius 1 is 1.32 bits per heavy atom. The molecular formula is C12H17ClFN4O13P3. The van der Waals surface area contributed by atoms with E-state index in [4.69, 9.17) is 31.9 Å². The molecule has 1 aliphatic rings. The first-order valence-electron chi connectivity index (χ1n) is 8.52. The van der Waals surface area contributed by atoms with Gasteiger partial charge in [-0.05, 0) is 6.92 Å². The fourth-order valence-corrected chi connectivity index (χ4v) is 6.28. The summed E-state index contributed by atoms with van der Waals surface area (Å²) in [5.74, 6) is 3.70. The number of nitrogens with zero attached hydrogens (tertiary/aromatic N) is 3. The Hall–Kier alpha value is -1.28. The Labute approximate surface area is 194 Å². The molecule has 1 saturated heterocycles. The van der Waals surface area contributed by atoms with Crippen LogP contribution in [0.2, 0.25) is 0 Å². The van der Waals surface area contributed by atoms with Crippen LogP contribution in [0.4, 0.5) is 10.3 Å². The Kier molecular flexibility index (Phi) is 8.83. The molecule has 17 nitrogen and oxygen atoms in total. The topological polar surface area (TPSA) is 263 Å². The van der Waals surface area contributed by atoms with Crippen LogP contribution in [0.15, 0.2) is 11.1 Å². The Morgan fingerprint density at radius 3 is 2.47 bits per heavy atom. The van der Waals surface area contributed by atoms with Gasteiger partial charge in [-0.2, -0.15) is 13.6 Å². The summed E-state index contributed by atoms with van der Waals surface area (Å²) in [7, 11) is -17.1. The molecule has 0 radical (unpaired) electrons. The standard InChI is InChI=1S/C12H17ClFN4O13P3/c1-6(29-33(24,25)31-34(26,27)30-32(21,22)23)7-8(19)12(13,3-2-4-14)9(28-7)18-5-16-10(15)17-11(18)20/h5-9,19H,4H2,1H3,(H,24,25)(H,26,27)(H2,15,17,20)(H2,21,22,23)/t6-,7+,8-,9+,12?/m0/s1. The fourth-order valence-electron chi connectivity index (χ4n) is 2.73. The van der Waals surface area contributed by atoms with Gasteiger partial charge in [-0.25, -0.2) is 27.9 Å². The van der Waals surface area contributed by atoms with Crippen LogP contribution in [-0.4, -0.2) is 69.1 Å². The van der Waals surface area contributed by atoms with Crippen molar-refractivity contribution in [2.75, 3.05) is 12.4 Å². The first kappa shape index (κ1) is 29.0. The minimum atomic E-state index is -5.82. The third-order valence-electron chi connectivity index (χ3n) is 3.91. The van der Waals surface area contributed by atoms with Gasteiger partial charge in [0, 0.05) is 0 Å². The van der Waals surface area contributed by atoms with Crippen molar-refractivity contribution in [3.63, 3.8) is 0 Å². The summed E-state index contributed by atoms with van der Waals surface area (Å²) in [4.78, 5) is 52.9. The number of alkyl halides is 2. The van der Waals surface area contributed by atoms with E-state index < -0.39 is 71.2 Å². The highest BCUT2D eigenvalue weighted by atomic mass is 35.5. The van der Waals surface area contributed by atoms with Gasteiger partial charge in [0.15, 0.2) is 11.1 Å². The van der Waals surface area contributed by atoms with Crippen LogP contribution in [0.3, 0.4) is 0 Å². The van der Waals surface area contributed by atoms with Crippen molar-refractivity contribution >= 4 is 41.0 Å². The third kappa shape index (κ3) is 7.12. The molecule has 0 aromatic carbocycles. The first-order chi connectivity index (χ1) is 15.4. The molecule has 7 atom stereocenters. The maximum absolute atomic E-state index is 12.7. The average Bonchev–Trinajstić information content (AvgIpc) is 2.88. The van der Waals surface area contributed by atoms with E-state index in [1.807, 2.05) is 5.92 Å². The van der Waals surface area contributed by atoms with Crippen LogP contribution < -0.4 is 11.4 Å². The first-order valence-corrected chi connectivity index (χ1v) is 13.4. The smallest absolute Gasteiger partial charge is 0.387 e. The van der Waals surface area contributed by atoms with Gasteiger partial charge in [0.1, 0.15) is 25.2 Å². The van der Waals surface area contributed by atoms with Crippen molar-refractivity contribution in [1.29, 1.82) is 0 Å². The molecule has 22 heteroatoms. The summed E-state index contributed by atoms with van der Waals surface area (Å²) in [5, 5.41) is 10.7. The zero-order valence-electron chi connectivity index (χ0n) is 16.6. The van der Waals surface area contributed by atoms with Gasteiger partial charge in [-0.1, -0.05) is 23.4 Å². The van der Waals surface area contributed by atoms with Gasteiger partial charge in [0.2, 0.25) is 5.95 Å². The predicted molar refractivity (Wildman–Crippen MR) is 107 cm³/mol. The maximum atomic E-state index is 12.7. The van der Waals surface area contributed by atoms with E-state index >= 15 is 0 Å². The van der Waals surface area contributed by atoms with E-state index in [0.29, 0.717) is 4.57 Å². The second kappa shape index (κ2) is 10.4. The van der Waals surface area contributed by atoms with E-state index in [2.05, 4.69) is 29.0 Å². The van der Waals surface area contributed by atoms with Gasteiger partial charge in [-0.15, -0.1) is 0 Å². The van der Waals surface area contributed by atoms with E-state index in [1.54, 1.807) is 0 Å². The van der Waals surface area contributed by atoms with E-state index in [-0.39, 0.29) is 0 Å². The number of phosphoric ester groups is 1. The third-order valence-corrected chi connectivity index (χ3v) is 8.34. The lowest BCUT2D eigenvalue weighted by molar-refractivity contribution is -0.0751. The summed E-state index contributed by atoms with van der Waals surface area (Å²) in [6.07, 6.45) is -6.35. The van der Waals surface area contributed by atoms with Crippen molar-refractivity contribution in [2.45, 2.75) is 36.3 Å². The quantitative estimate of drug-likeness (QED) is 0.126. The van der Waals surface area contributed by atoms with E-state index in [0.717, 1.165) is 13.3 Å². The molecule has 34 heavy (non-hydrogen) atoms. The second-order valence-corrected chi connectivity index (χ2v) is 11.4. The Bertz CT molecular complexity index is 1190. The maximum Gasteiger partial charge on any atom is 0.490 e. The molecule has 2 heterocycles. The number of hydrogen-bond donors (Lipinski definition) is 6. The Balaban J connectivity index is 2.34. The summed E-state index contributed by atoms with van der Waals surface area (Å²) in [5.41, 5.74) is 4.23. The van der Waals surface area contributed by atoms with Crippen LogP contribution in [0.1, 0.15) is 13.2 Å². The van der Waals surface area contributed by atoms with Crippen molar-refractivity contribution < 1.29 is 60.6 Å². The van der Waals surface area contributed by atoms with Gasteiger partial charge in [0.05, 0.1) is 6.10 Å². The molecule has 1 aliphatic heterocycles. The molecule has 1 aromatic heterocycles. The van der Waals surface area contributed by atoms with Crippen molar-refractivity contribution in [1.82, 2.24) is 14.5 Å². The lowest BCUT2D eigenvalue weighted by Gasteiger charge is -2.26. The number of phosphoric acid groups is 3. The number of hydrogen-bond acceptors (Lipinski definition) is 12. The highest BCUT2D eigenvalue weighted by Gasteiger charge is 2.58. The van der Waals surface area contributed by atoms with Gasteiger partial charge >= 0.3 is 29.2 Å². The number of aliphatic hydroxyl groups is 1. The molecule has 0 saturated carbocycles. The Morgan fingerprint density at radius 2 is 1.94 bits per heavy atom. The summed E-state index contributed by atoms with van der Waals surface area (Å²) in [6.45, 7) is -0.237. The molecule has 7 N–H and O–H groups in total. The normalized spacial score (nSPS) is 29.5. The largest absolute Gasteiger partial charge is 0.490 e. The summed E-state index contributed by atoms with van der Waals surface area (Å²) < 4.78 is 64.8. The number of halogens is 2. The van der Waals surface area contributed by atoms with Crippen LogP contribution >= 0.6 is 35.1 Å². The molecule has 192 valence electrons. The average molecular weight is 573 g/mol. The van der Waals surface area contributed by atoms with E-state index in [1.165, 1.54) is 0 Å². The number of nitrogens with two attached hydrogens (primary N) is 1. The molecular weight excluding hydrogens is 556 g/mol. The number of anilines is 1. The second-order valence-electron chi connectivity index (χ2n) is 6.41. The number of aromatic nitrogens is 3. The van der Waals surface area contributed by atoms with Gasteiger partial charge in [0.25, 0.3) is 0 Å². The number of nitrogen functional groups attached to an aromatic ring is 1. The SMILES string of the molecule is C[C@H](OP(=O)(O)OP(=O)(O)OP(=O)(O)O)[C@H]1O[C@@H](n2cnc(N)nc2=O)C(Cl)(C#CCF)[C@H]1O. The predicted octanol–water partition coefficient (Wildman–Crippen LogP) is -0.839. The van der Waals surface area contributed by atoms with Crippen molar-refractivity contribution in [2.24, 2.45) is 0 Å². The lowest BCUT2D eigenvalue weighted by atomic mass is 9.97. The molecule has 2 rings (SSSR count). The van der Waals surface area contributed by atoms with Crippen LogP contribution in [-0.2, 0) is 31.6 Å². The highest BCUT2D eigenvalue weighted by molar-refractivity contribution is 7.66. The molecule has 1 fully saturated rings. The number of rotatable bonds is 8. The molecule has 0 bridgehead atoms. The molecule has 1 aromatic rings. The van der Waals surface area contributed by atoms with Gasteiger partial charge in [-0.3, -0.25) is 9.09 Å². The monoisotopic (exact) mass is 572 g/mol. The molecule has 0 spiro atoms.